The Bertz CT molecular complexity index is 581. The second-order valence-corrected chi connectivity index (χ2v) is 9.16. The molecule has 7 heteroatoms. The van der Waals surface area contributed by atoms with Crippen LogP contribution in [-0.2, 0) is 9.09 Å². The number of nitro benzene ring substituents is 1. The molecular formula is C13H19N2O4P. The molecule has 1 aliphatic heterocycles. The molecule has 6 nitrogen and oxygen atoms in total. The minimum absolute atomic E-state index is 0.0246. The Morgan fingerprint density at radius 2 is 1.80 bits per heavy atom. The van der Waals surface area contributed by atoms with E-state index in [4.69, 9.17) is 4.52 Å². The van der Waals surface area contributed by atoms with Crippen molar-refractivity contribution in [3.05, 3.63) is 34.4 Å². The number of benzene rings is 1. The molecule has 20 heavy (non-hydrogen) atoms. The van der Waals surface area contributed by atoms with E-state index in [1.165, 1.54) is 24.3 Å². The van der Waals surface area contributed by atoms with Crippen LogP contribution in [0.4, 0.5) is 5.69 Å². The molecule has 1 aromatic rings. The van der Waals surface area contributed by atoms with Gasteiger partial charge in [-0.25, -0.2) is 0 Å². The summed E-state index contributed by atoms with van der Waals surface area (Å²) in [6, 6.07) is 5.74. The van der Waals surface area contributed by atoms with Crippen molar-refractivity contribution in [3.63, 3.8) is 0 Å². The number of nitrogens with one attached hydrogen (secondary N) is 1. The van der Waals surface area contributed by atoms with Crippen LogP contribution >= 0.6 is 7.37 Å². The highest BCUT2D eigenvalue weighted by Crippen LogP contribution is 2.59. The first-order valence-corrected chi connectivity index (χ1v) is 7.99. The molecule has 1 aromatic carbocycles. The molecular weight excluding hydrogens is 279 g/mol. The Kier molecular flexibility index (Phi) is 3.53. The van der Waals surface area contributed by atoms with Gasteiger partial charge in [-0.05, 0) is 39.8 Å². The molecule has 1 fully saturated rings. The van der Waals surface area contributed by atoms with Gasteiger partial charge in [0.2, 0.25) is 0 Å². The first-order valence-electron chi connectivity index (χ1n) is 6.36. The van der Waals surface area contributed by atoms with Gasteiger partial charge in [-0.15, -0.1) is 0 Å². The fourth-order valence-corrected chi connectivity index (χ4v) is 5.13. The normalized spacial score (nSPS) is 28.0. The number of non-ortho nitro benzene ring substituents is 1. The van der Waals surface area contributed by atoms with Gasteiger partial charge in [0.15, 0.2) is 0 Å². The van der Waals surface area contributed by atoms with Crippen LogP contribution in [0.2, 0.25) is 0 Å². The summed E-state index contributed by atoms with van der Waals surface area (Å²) in [5.74, 6) is 0. The first-order chi connectivity index (χ1) is 9.07. The monoisotopic (exact) mass is 298 g/mol. The lowest BCUT2D eigenvalue weighted by molar-refractivity contribution is -0.384. The van der Waals surface area contributed by atoms with Crippen molar-refractivity contribution in [3.8, 4) is 0 Å². The average Bonchev–Trinajstić information content (AvgIpc) is 2.33. The second kappa shape index (κ2) is 4.65. The largest absolute Gasteiger partial charge is 0.322 e. The maximum Gasteiger partial charge on any atom is 0.269 e. The Morgan fingerprint density at radius 1 is 1.25 bits per heavy atom. The zero-order valence-electron chi connectivity index (χ0n) is 12.0. The molecule has 1 N–H and O–H groups in total. The van der Waals surface area contributed by atoms with Crippen molar-refractivity contribution in [1.29, 1.82) is 0 Å². The Balaban J connectivity index is 2.40. The van der Waals surface area contributed by atoms with Crippen molar-refractivity contribution >= 4 is 18.4 Å². The predicted octanol–water partition coefficient (Wildman–Crippen LogP) is 2.63. The molecule has 0 aromatic heterocycles. The summed E-state index contributed by atoms with van der Waals surface area (Å²) in [6.45, 7) is 7.94. The second-order valence-electron chi connectivity index (χ2n) is 6.17. The number of nitro groups is 1. The maximum absolute atomic E-state index is 13.2. The summed E-state index contributed by atoms with van der Waals surface area (Å²) >= 11 is 0. The van der Waals surface area contributed by atoms with Gasteiger partial charge in [0.25, 0.3) is 13.1 Å². The summed E-state index contributed by atoms with van der Waals surface area (Å²) in [5.41, 5.74) is -0.290. The molecule has 1 saturated heterocycles. The summed E-state index contributed by atoms with van der Waals surface area (Å²) in [4.78, 5) is 10.2. The lowest BCUT2D eigenvalue weighted by atomic mass is 10.1. The van der Waals surface area contributed by atoms with Crippen LogP contribution in [0.5, 0.6) is 0 Å². The van der Waals surface area contributed by atoms with Crippen LogP contribution in [-0.4, -0.2) is 22.3 Å². The van der Waals surface area contributed by atoms with Crippen molar-refractivity contribution in [1.82, 2.24) is 5.32 Å². The molecule has 1 atom stereocenters. The van der Waals surface area contributed by atoms with Crippen LogP contribution in [0.15, 0.2) is 24.3 Å². The third-order valence-corrected chi connectivity index (χ3v) is 6.44. The highest BCUT2D eigenvalue weighted by atomic mass is 31.2. The molecule has 0 radical (unpaired) electrons. The van der Waals surface area contributed by atoms with Gasteiger partial charge in [0, 0.05) is 23.0 Å². The van der Waals surface area contributed by atoms with E-state index >= 15 is 0 Å². The van der Waals surface area contributed by atoms with E-state index in [-0.39, 0.29) is 11.2 Å². The standard InChI is InChI=1S/C13H19N2O4P/c1-12(2)9-19-20(18,13(3,4)14-12)11-7-5-10(6-8-11)15(16)17/h5-8,14H,9H2,1-4H3/t20-/m1/s1. The number of rotatable bonds is 2. The van der Waals surface area contributed by atoms with Crippen LogP contribution < -0.4 is 10.6 Å². The quantitative estimate of drug-likeness (QED) is 0.515. The van der Waals surface area contributed by atoms with Crippen molar-refractivity contribution in [2.45, 2.75) is 38.5 Å². The summed E-state index contributed by atoms with van der Waals surface area (Å²) in [5, 5.41) is 13.8. The van der Waals surface area contributed by atoms with Crippen LogP contribution in [0.3, 0.4) is 0 Å². The van der Waals surface area contributed by atoms with Crippen molar-refractivity contribution < 1.29 is 14.0 Å². The van der Waals surface area contributed by atoms with Gasteiger partial charge in [-0.1, -0.05) is 0 Å². The molecule has 0 saturated carbocycles. The van der Waals surface area contributed by atoms with Gasteiger partial charge in [0.1, 0.15) is 0 Å². The van der Waals surface area contributed by atoms with Crippen LogP contribution in [0, 0.1) is 10.1 Å². The summed E-state index contributed by atoms with van der Waals surface area (Å²) in [6.07, 6.45) is 0. The zero-order valence-corrected chi connectivity index (χ0v) is 12.9. The lowest BCUT2D eigenvalue weighted by Gasteiger charge is -2.47. The van der Waals surface area contributed by atoms with E-state index in [2.05, 4.69) is 5.32 Å². The summed E-state index contributed by atoms with van der Waals surface area (Å²) in [7, 11) is -3.13. The van der Waals surface area contributed by atoms with E-state index in [0.717, 1.165) is 0 Å². The number of hydrogen-bond acceptors (Lipinski definition) is 5. The SMILES string of the molecule is CC1(C)CO[P@](=O)(c2ccc([N+](=O)[O-])cc2)C(C)(C)N1. The zero-order chi connectivity index (χ0) is 15.2. The Labute approximate surface area is 118 Å². The van der Waals surface area contributed by atoms with Crippen molar-refractivity contribution in [2.75, 3.05) is 6.61 Å². The van der Waals surface area contributed by atoms with E-state index in [1.807, 2.05) is 27.7 Å². The van der Waals surface area contributed by atoms with Crippen LogP contribution in [0.25, 0.3) is 0 Å². The minimum atomic E-state index is -3.13. The predicted molar refractivity (Wildman–Crippen MR) is 77.6 cm³/mol. The van der Waals surface area contributed by atoms with Gasteiger partial charge in [0.05, 0.1) is 16.8 Å². The smallest absolute Gasteiger partial charge is 0.269 e. The van der Waals surface area contributed by atoms with E-state index < -0.39 is 17.6 Å². The molecule has 0 amide bonds. The molecule has 0 unspecified atom stereocenters. The number of hydrogen-bond donors (Lipinski definition) is 1. The first kappa shape index (κ1) is 15.2. The van der Waals surface area contributed by atoms with Gasteiger partial charge < -0.3 is 4.52 Å². The molecule has 110 valence electrons. The Hall–Kier alpha value is -1.23. The lowest BCUT2D eigenvalue weighted by Crippen LogP contribution is -2.59. The third-order valence-electron chi connectivity index (χ3n) is 3.39. The molecule has 0 bridgehead atoms. The molecule has 0 aliphatic carbocycles. The van der Waals surface area contributed by atoms with Gasteiger partial charge >= 0.3 is 0 Å². The van der Waals surface area contributed by atoms with E-state index in [0.29, 0.717) is 11.9 Å². The maximum atomic E-state index is 13.2. The van der Waals surface area contributed by atoms with E-state index in [9.17, 15) is 14.7 Å². The highest BCUT2D eigenvalue weighted by molar-refractivity contribution is 7.68. The molecule has 1 aliphatic rings. The minimum Gasteiger partial charge on any atom is -0.322 e. The van der Waals surface area contributed by atoms with Crippen molar-refractivity contribution in [2.24, 2.45) is 0 Å². The highest BCUT2D eigenvalue weighted by Gasteiger charge is 2.50. The Morgan fingerprint density at radius 3 is 2.25 bits per heavy atom. The topological polar surface area (TPSA) is 81.5 Å². The number of nitrogens with zero attached hydrogens (tertiary/aromatic N) is 1. The third kappa shape index (κ3) is 2.51. The molecule has 1 heterocycles. The summed E-state index contributed by atoms with van der Waals surface area (Å²) < 4.78 is 18.9. The van der Waals surface area contributed by atoms with E-state index in [1.54, 1.807) is 0 Å². The average molecular weight is 298 g/mol. The molecule has 0 spiro atoms. The van der Waals surface area contributed by atoms with Gasteiger partial charge in [-0.2, -0.15) is 0 Å². The fraction of sp³-hybridized carbons (Fsp3) is 0.538. The van der Waals surface area contributed by atoms with Gasteiger partial charge in [-0.3, -0.25) is 20.0 Å². The van der Waals surface area contributed by atoms with Crippen LogP contribution in [0.1, 0.15) is 27.7 Å². The molecule has 2 rings (SSSR count). The fourth-order valence-electron chi connectivity index (χ4n) is 2.52.